The third-order valence-electron chi connectivity index (χ3n) is 6.55. The fraction of sp³-hybridized carbons (Fsp3) is 0.385. The minimum Gasteiger partial charge on any atom is -0.434 e. The first-order valence-electron chi connectivity index (χ1n) is 11.7. The van der Waals surface area contributed by atoms with Crippen LogP contribution in [-0.4, -0.2) is 42.1 Å². The maximum atomic E-state index is 13.3. The largest absolute Gasteiger partial charge is 0.434 e. The lowest BCUT2D eigenvalue weighted by Gasteiger charge is -2.46. The molecule has 11 heteroatoms. The van der Waals surface area contributed by atoms with E-state index < -0.39 is 18.1 Å². The highest BCUT2D eigenvalue weighted by Gasteiger charge is 2.43. The average molecular weight is 554 g/mol. The van der Waals surface area contributed by atoms with E-state index in [9.17, 15) is 18.4 Å². The number of anilines is 1. The fourth-order valence-corrected chi connectivity index (χ4v) is 5.43. The van der Waals surface area contributed by atoms with Crippen molar-refractivity contribution < 1.29 is 27.8 Å². The summed E-state index contributed by atoms with van der Waals surface area (Å²) >= 11 is 12.7. The van der Waals surface area contributed by atoms with Crippen LogP contribution in [0.2, 0.25) is 10.0 Å². The number of hydrogen-bond donors (Lipinski definition) is 2. The number of nitrogens with one attached hydrogen (secondary N) is 2. The lowest BCUT2D eigenvalue weighted by molar-refractivity contribution is -0.138. The summed E-state index contributed by atoms with van der Waals surface area (Å²) in [5.74, 6) is -0.687. The molecule has 2 heterocycles. The van der Waals surface area contributed by atoms with E-state index in [1.54, 1.807) is 23.1 Å². The molecule has 0 spiro atoms. The quantitative estimate of drug-likeness (QED) is 0.464. The first kappa shape index (κ1) is 27.2. The Bertz CT molecular complexity index is 1210. The molecular formula is C26H27Cl2F2N3O4. The van der Waals surface area contributed by atoms with Gasteiger partial charge in [-0.3, -0.25) is 14.5 Å². The van der Waals surface area contributed by atoms with Crippen molar-refractivity contribution in [3.8, 4) is 5.75 Å². The van der Waals surface area contributed by atoms with Gasteiger partial charge in [-0.05, 0) is 56.5 Å². The number of nitrogens with zero attached hydrogens (tertiary/aromatic N) is 1. The first-order valence-corrected chi connectivity index (χ1v) is 12.5. The third-order valence-corrected chi connectivity index (χ3v) is 7.19. The Morgan fingerprint density at radius 1 is 1.32 bits per heavy atom. The van der Waals surface area contributed by atoms with Crippen molar-refractivity contribution in [1.29, 1.82) is 0 Å². The summed E-state index contributed by atoms with van der Waals surface area (Å²) in [6.07, 6.45) is 1.59. The molecule has 2 saturated heterocycles. The van der Waals surface area contributed by atoms with Gasteiger partial charge in [0.1, 0.15) is 11.6 Å². The van der Waals surface area contributed by atoms with Gasteiger partial charge in [-0.25, -0.2) is 0 Å². The molecule has 2 amide bonds. The zero-order valence-electron chi connectivity index (χ0n) is 20.3. The monoisotopic (exact) mass is 553 g/mol. The molecule has 198 valence electrons. The molecule has 2 aromatic rings. The highest BCUT2D eigenvalue weighted by atomic mass is 35.5. The number of carbonyl (C=O) groups excluding carboxylic acids is 2. The Balaban J connectivity index is 1.57. The third kappa shape index (κ3) is 5.84. The van der Waals surface area contributed by atoms with Gasteiger partial charge in [0.2, 0.25) is 5.91 Å². The summed E-state index contributed by atoms with van der Waals surface area (Å²) in [7, 11) is 0. The maximum Gasteiger partial charge on any atom is 0.387 e. The van der Waals surface area contributed by atoms with Crippen LogP contribution in [-0.2, 0) is 15.1 Å². The lowest BCUT2D eigenvalue weighted by atomic mass is 9.85. The van der Waals surface area contributed by atoms with Crippen molar-refractivity contribution in [3.05, 3.63) is 70.0 Å². The second-order valence-corrected chi connectivity index (χ2v) is 10.2. The molecule has 2 aromatic carbocycles. The number of halogens is 4. The minimum absolute atomic E-state index is 0.00996. The van der Waals surface area contributed by atoms with Gasteiger partial charge in [0, 0.05) is 17.7 Å². The van der Waals surface area contributed by atoms with E-state index in [-0.39, 0.29) is 51.5 Å². The summed E-state index contributed by atoms with van der Waals surface area (Å²) < 4.78 is 35.7. The Kier molecular flexibility index (Phi) is 7.96. The molecule has 2 fully saturated rings. The van der Waals surface area contributed by atoms with Gasteiger partial charge in [0.25, 0.3) is 5.91 Å². The minimum atomic E-state index is -3.12. The predicted molar refractivity (Wildman–Crippen MR) is 137 cm³/mol. The average Bonchev–Trinajstić information content (AvgIpc) is 2.80. The second kappa shape index (κ2) is 10.8. The van der Waals surface area contributed by atoms with Crippen LogP contribution in [0.15, 0.2) is 48.8 Å². The molecule has 4 rings (SSSR count). The van der Waals surface area contributed by atoms with Gasteiger partial charge in [0.05, 0.1) is 34.3 Å². The van der Waals surface area contributed by atoms with Crippen molar-refractivity contribution in [2.45, 2.75) is 57.4 Å². The van der Waals surface area contributed by atoms with Gasteiger partial charge < -0.3 is 20.1 Å². The second-order valence-electron chi connectivity index (χ2n) is 9.34. The molecule has 0 bridgehead atoms. The molecule has 7 nitrogen and oxygen atoms in total. The normalized spacial score (nSPS) is 24.1. The molecule has 1 unspecified atom stereocenters. The Labute approximate surface area is 223 Å². The summed E-state index contributed by atoms with van der Waals surface area (Å²) in [6.45, 7) is 5.37. The SMILES string of the molecule is C=C1N[C@](C)(c2cccc(NC(=O)c3cc(Cl)ccc3OC(F)F)c2Cl)CC(=O)N1[C@@H]1CCOC(C)C1. The molecule has 37 heavy (non-hydrogen) atoms. The highest BCUT2D eigenvalue weighted by Crippen LogP contribution is 2.40. The number of alkyl halides is 2. The summed E-state index contributed by atoms with van der Waals surface area (Å²) in [4.78, 5) is 28.0. The van der Waals surface area contributed by atoms with Crippen molar-refractivity contribution in [3.63, 3.8) is 0 Å². The standard InChI is InChI=1S/C26H27Cl2F2N3O4/c1-14-11-17(9-10-36-14)33-15(2)32-26(3,13-22(33)34)19-5-4-6-20(23(19)28)31-24(35)18-12-16(27)7-8-21(18)37-25(29)30/h4-8,12,14,17,25,32H,2,9-11,13H2,1,3H3,(H,31,35)/t14?,17-,26+/m1/s1. The van der Waals surface area contributed by atoms with Gasteiger partial charge in [-0.2, -0.15) is 8.78 Å². The zero-order chi connectivity index (χ0) is 26.9. The molecule has 0 saturated carbocycles. The van der Waals surface area contributed by atoms with Gasteiger partial charge in [0.15, 0.2) is 0 Å². The molecular weight excluding hydrogens is 527 g/mol. The van der Waals surface area contributed by atoms with Crippen LogP contribution in [0.1, 0.15) is 49.0 Å². The fourth-order valence-electron chi connectivity index (χ4n) is 4.88. The Morgan fingerprint density at radius 2 is 2.08 bits per heavy atom. The summed E-state index contributed by atoms with van der Waals surface area (Å²) in [5.41, 5.74) is -0.286. The molecule has 0 aliphatic carbocycles. The van der Waals surface area contributed by atoms with Gasteiger partial charge >= 0.3 is 6.61 Å². The molecule has 0 radical (unpaired) electrons. The molecule has 2 aliphatic heterocycles. The maximum absolute atomic E-state index is 13.3. The van der Waals surface area contributed by atoms with Crippen LogP contribution in [0.25, 0.3) is 0 Å². The number of carbonyl (C=O) groups is 2. The summed E-state index contributed by atoms with van der Waals surface area (Å²) in [6, 6.07) is 8.75. The zero-order valence-corrected chi connectivity index (χ0v) is 21.8. The highest BCUT2D eigenvalue weighted by molar-refractivity contribution is 6.35. The number of amides is 2. The van der Waals surface area contributed by atoms with E-state index in [0.717, 1.165) is 6.42 Å². The molecule has 0 aromatic heterocycles. The van der Waals surface area contributed by atoms with Crippen molar-refractivity contribution >= 4 is 40.7 Å². The van der Waals surface area contributed by atoms with Gasteiger partial charge in [-0.15, -0.1) is 0 Å². The topological polar surface area (TPSA) is 79.9 Å². The Morgan fingerprint density at radius 3 is 2.76 bits per heavy atom. The predicted octanol–water partition coefficient (Wildman–Crippen LogP) is 5.92. The molecule has 3 atom stereocenters. The van der Waals surface area contributed by atoms with Crippen LogP contribution in [0.5, 0.6) is 5.75 Å². The van der Waals surface area contributed by atoms with E-state index in [1.165, 1.54) is 18.2 Å². The van der Waals surface area contributed by atoms with Crippen molar-refractivity contribution in [2.75, 3.05) is 11.9 Å². The van der Waals surface area contributed by atoms with E-state index in [2.05, 4.69) is 21.9 Å². The first-order chi connectivity index (χ1) is 17.5. The summed E-state index contributed by atoms with van der Waals surface area (Å²) in [5, 5.41) is 6.35. The van der Waals surface area contributed by atoms with E-state index in [4.69, 9.17) is 27.9 Å². The van der Waals surface area contributed by atoms with E-state index >= 15 is 0 Å². The van der Waals surface area contributed by atoms with E-state index in [1.807, 2.05) is 13.8 Å². The smallest absolute Gasteiger partial charge is 0.387 e. The number of hydrogen-bond acceptors (Lipinski definition) is 5. The Hall–Kier alpha value is -2.88. The number of ether oxygens (including phenoxy) is 2. The lowest BCUT2D eigenvalue weighted by Crippen LogP contribution is -2.57. The van der Waals surface area contributed by atoms with Gasteiger partial charge in [-0.1, -0.05) is 41.9 Å². The van der Waals surface area contributed by atoms with Crippen LogP contribution in [0.4, 0.5) is 14.5 Å². The van der Waals surface area contributed by atoms with Crippen LogP contribution in [0, 0.1) is 0 Å². The van der Waals surface area contributed by atoms with Crippen LogP contribution in [0.3, 0.4) is 0 Å². The molecule has 2 aliphatic rings. The number of benzene rings is 2. The van der Waals surface area contributed by atoms with Crippen molar-refractivity contribution in [2.24, 2.45) is 0 Å². The van der Waals surface area contributed by atoms with E-state index in [0.29, 0.717) is 24.4 Å². The van der Waals surface area contributed by atoms with Crippen LogP contribution < -0.4 is 15.4 Å². The molecule has 2 N–H and O–H groups in total. The van der Waals surface area contributed by atoms with Crippen molar-refractivity contribution in [1.82, 2.24) is 10.2 Å². The van der Waals surface area contributed by atoms with Crippen LogP contribution >= 0.6 is 23.2 Å². The number of rotatable bonds is 6.